The fraction of sp³-hybridized carbons (Fsp3) is 0.294. The first kappa shape index (κ1) is 19.6. The molecule has 0 fully saturated rings. The third kappa shape index (κ3) is 6.37. The molecule has 0 unspecified atom stereocenters. The maximum absolute atomic E-state index is 11.5. The molecule has 0 amide bonds. The van der Waals surface area contributed by atoms with Crippen LogP contribution in [0.2, 0.25) is 0 Å². The molecule has 0 saturated heterocycles. The molecule has 3 N–H and O–H groups in total. The third-order valence-electron chi connectivity index (χ3n) is 3.22. The molecule has 0 heterocycles. The Hall–Kier alpha value is -2.41. The highest BCUT2D eigenvalue weighted by molar-refractivity contribution is 5.86. The Morgan fingerprint density at radius 2 is 1.58 bits per heavy atom. The standard InChI is InChI=1S/C15H17NO.C2HF3O2/c16-11-10-14(17)9-8-13-6-3-5-12-4-1-2-7-15(12)13;3-2(4,5)1(6)7/h1-7H,8-11,16H2;(H,6,7). The fourth-order valence-electron chi connectivity index (χ4n) is 2.07. The Kier molecular flexibility index (Phi) is 7.38. The first-order chi connectivity index (χ1) is 11.3. The summed E-state index contributed by atoms with van der Waals surface area (Å²) in [6.45, 7) is 0.453. The van der Waals surface area contributed by atoms with Crippen LogP contribution < -0.4 is 5.73 Å². The zero-order valence-corrected chi connectivity index (χ0v) is 12.8. The number of carboxylic acid groups (broad SMARTS) is 1. The van der Waals surface area contributed by atoms with Crippen molar-refractivity contribution in [2.24, 2.45) is 5.73 Å². The lowest BCUT2D eigenvalue weighted by molar-refractivity contribution is -0.192. The van der Waals surface area contributed by atoms with Gasteiger partial charge in [-0.2, -0.15) is 13.2 Å². The number of benzene rings is 2. The van der Waals surface area contributed by atoms with Gasteiger partial charge in [0.05, 0.1) is 0 Å². The van der Waals surface area contributed by atoms with E-state index in [9.17, 15) is 18.0 Å². The molecule has 2 rings (SSSR count). The Labute approximate surface area is 137 Å². The minimum Gasteiger partial charge on any atom is -0.475 e. The van der Waals surface area contributed by atoms with Crippen LogP contribution in [0, 0.1) is 0 Å². The number of nitrogens with two attached hydrogens (primary N) is 1. The number of carbonyl (C=O) groups is 2. The average molecular weight is 341 g/mol. The summed E-state index contributed by atoms with van der Waals surface area (Å²) in [4.78, 5) is 20.4. The smallest absolute Gasteiger partial charge is 0.475 e. The van der Waals surface area contributed by atoms with Crippen LogP contribution in [0.3, 0.4) is 0 Å². The number of fused-ring (bicyclic) bond motifs is 1. The zero-order valence-electron chi connectivity index (χ0n) is 12.8. The molecule has 130 valence electrons. The van der Waals surface area contributed by atoms with Crippen LogP contribution in [0.4, 0.5) is 13.2 Å². The molecule has 2 aromatic carbocycles. The maximum atomic E-state index is 11.5. The van der Waals surface area contributed by atoms with Gasteiger partial charge in [0, 0.05) is 12.8 Å². The van der Waals surface area contributed by atoms with Gasteiger partial charge in [0.2, 0.25) is 0 Å². The molecule has 0 aromatic heterocycles. The van der Waals surface area contributed by atoms with E-state index < -0.39 is 12.1 Å². The van der Waals surface area contributed by atoms with E-state index in [1.165, 1.54) is 16.3 Å². The lowest BCUT2D eigenvalue weighted by atomic mass is 9.99. The maximum Gasteiger partial charge on any atom is 0.490 e. The monoisotopic (exact) mass is 341 g/mol. The van der Waals surface area contributed by atoms with Gasteiger partial charge in [-0.05, 0) is 29.3 Å². The number of hydrogen-bond acceptors (Lipinski definition) is 3. The van der Waals surface area contributed by atoms with Crippen LogP contribution in [0.15, 0.2) is 42.5 Å². The van der Waals surface area contributed by atoms with Crippen molar-refractivity contribution in [1.29, 1.82) is 0 Å². The molecule has 2 aromatic rings. The summed E-state index contributed by atoms with van der Waals surface area (Å²) in [5.74, 6) is -2.51. The highest BCUT2D eigenvalue weighted by Gasteiger charge is 2.38. The topological polar surface area (TPSA) is 80.4 Å². The van der Waals surface area contributed by atoms with E-state index in [1.54, 1.807) is 0 Å². The van der Waals surface area contributed by atoms with Gasteiger partial charge in [-0.25, -0.2) is 4.79 Å². The van der Waals surface area contributed by atoms with Crippen LogP contribution in [0.5, 0.6) is 0 Å². The predicted molar refractivity (Wildman–Crippen MR) is 84.6 cm³/mol. The first-order valence-corrected chi connectivity index (χ1v) is 7.24. The molecule has 4 nitrogen and oxygen atoms in total. The molecule has 7 heteroatoms. The minimum atomic E-state index is -5.08. The van der Waals surface area contributed by atoms with E-state index in [1.807, 2.05) is 18.2 Å². The van der Waals surface area contributed by atoms with Crippen LogP contribution >= 0.6 is 0 Å². The van der Waals surface area contributed by atoms with Crippen LogP contribution in [-0.2, 0) is 16.0 Å². The van der Waals surface area contributed by atoms with Gasteiger partial charge in [-0.1, -0.05) is 42.5 Å². The second-order valence-corrected chi connectivity index (χ2v) is 5.02. The number of alkyl halides is 3. The second kappa shape index (κ2) is 9.02. The van der Waals surface area contributed by atoms with E-state index in [4.69, 9.17) is 15.6 Å². The number of rotatable bonds is 5. The Balaban J connectivity index is 0.000000351. The molecule has 0 saturated carbocycles. The largest absolute Gasteiger partial charge is 0.490 e. The number of ketones is 1. The average Bonchev–Trinajstić information content (AvgIpc) is 2.53. The van der Waals surface area contributed by atoms with Gasteiger partial charge < -0.3 is 10.8 Å². The number of carboxylic acids is 1. The number of carbonyl (C=O) groups excluding carboxylic acids is 1. The number of hydrogen-bond donors (Lipinski definition) is 2. The van der Waals surface area contributed by atoms with Gasteiger partial charge in [-0.15, -0.1) is 0 Å². The molecule has 0 bridgehead atoms. The molecule has 0 aliphatic heterocycles. The van der Waals surface area contributed by atoms with Crippen molar-refractivity contribution in [3.8, 4) is 0 Å². The molecule has 0 aliphatic carbocycles. The fourth-order valence-corrected chi connectivity index (χ4v) is 2.07. The first-order valence-electron chi connectivity index (χ1n) is 7.24. The van der Waals surface area contributed by atoms with Crippen molar-refractivity contribution in [2.45, 2.75) is 25.4 Å². The van der Waals surface area contributed by atoms with Gasteiger partial charge >= 0.3 is 12.1 Å². The van der Waals surface area contributed by atoms with Crippen molar-refractivity contribution in [2.75, 3.05) is 6.54 Å². The third-order valence-corrected chi connectivity index (χ3v) is 3.22. The summed E-state index contributed by atoms with van der Waals surface area (Å²) in [5.41, 5.74) is 6.61. The quantitative estimate of drug-likeness (QED) is 0.874. The number of aliphatic carboxylic acids is 1. The van der Waals surface area contributed by atoms with Crippen LogP contribution in [0.1, 0.15) is 18.4 Å². The van der Waals surface area contributed by atoms with Gasteiger partial charge in [0.1, 0.15) is 5.78 Å². The molecule has 24 heavy (non-hydrogen) atoms. The van der Waals surface area contributed by atoms with E-state index in [0.717, 1.165) is 6.42 Å². The van der Waals surface area contributed by atoms with Crippen LogP contribution in [-0.4, -0.2) is 29.6 Å². The number of aryl methyl sites for hydroxylation is 1. The van der Waals surface area contributed by atoms with Crippen molar-refractivity contribution in [3.05, 3.63) is 48.0 Å². The van der Waals surface area contributed by atoms with Crippen molar-refractivity contribution in [1.82, 2.24) is 0 Å². The summed E-state index contributed by atoms with van der Waals surface area (Å²) >= 11 is 0. The molecule has 0 spiro atoms. The molecular formula is C17H18F3NO3. The second-order valence-electron chi connectivity index (χ2n) is 5.02. The van der Waals surface area contributed by atoms with Crippen molar-refractivity contribution < 1.29 is 27.9 Å². The Morgan fingerprint density at radius 1 is 1.00 bits per heavy atom. The Bertz CT molecular complexity index is 694. The Morgan fingerprint density at radius 3 is 2.17 bits per heavy atom. The molecule has 0 aliphatic rings. The highest BCUT2D eigenvalue weighted by Crippen LogP contribution is 2.19. The van der Waals surface area contributed by atoms with Crippen molar-refractivity contribution in [3.63, 3.8) is 0 Å². The van der Waals surface area contributed by atoms with E-state index in [0.29, 0.717) is 19.4 Å². The number of Topliss-reactive ketones (excluding diaryl/α,β-unsaturated/α-hetero) is 1. The van der Waals surface area contributed by atoms with Gasteiger partial charge in [0.15, 0.2) is 0 Å². The van der Waals surface area contributed by atoms with E-state index in [2.05, 4.69) is 24.3 Å². The SMILES string of the molecule is NCCC(=O)CCc1cccc2ccccc12.O=C(O)C(F)(F)F. The predicted octanol–water partition coefficient (Wildman–Crippen LogP) is 3.32. The highest BCUT2D eigenvalue weighted by atomic mass is 19.4. The van der Waals surface area contributed by atoms with Gasteiger partial charge in [0.25, 0.3) is 0 Å². The van der Waals surface area contributed by atoms with E-state index >= 15 is 0 Å². The summed E-state index contributed by atoms with van der Waals surface area (Å²) in [6, 6.07) is 14.5. The molecule has 0 radical (unpaired) electrons. The number of halogens is 3. The molecule has 0 atom stereocenters. The lowest BCUT2D eigenvalue weighted by Gasteiger charge is -2.05. The van der Waals surface area contributed by atoms with Crippen LogP contribution in [0.25, 0.3) is 10.8 Å². The van der Waals surface area contributed by atoms with E-state index in [-0.39, 0.29) is 5.78 Å². The lowest BCUT2D eigenvalue weighted by Crippen LogP contribution is -2.21. The summed E-state index contributed by atoms with van der Waals surface area (Å²) in [7, 11) is 0. The summed E-state index contributed by atoms with van der Waals surface area (Å²) in [6.07, 6.45) is -3.20. The normalized spacial score (nSPS) is 10.8. The zero-order chi connectivity index (χ0) is 18.2. The van der Waals surface area contributed by atoms with Gasteiger partial charge in [-0.3, -0.25) is 4.79 Å². The molecular weight excluding hydrogens is 323 g/mol. The summed E-state index contributed by atoms with van der Waals surface area (Å²) in [5, 5.41) is 9.60. The summed E-state index contributed by atoms with van der Waals surface area (Å²) < 4.78 is 31.7. The minimum absolute atomic E-state index is 0.250. The van der Waals surface area contributed by atoms with Crippen molar-refractivity contribution >= 4 is 22.5 Å².